The predicted octanol–water partition coefficient (Wildman–Crippen LogP) is 6.29. The Balaban J connectivity index is 1.11. The largest absolute Gasteiger partial charge is 0.481 e. The number of benzene rings is 3. The van der Waals surface area contributed by atoms with Gasteiger partial charge in [0.05, 0.1) is 5.41 Å². The number of carboxylic acids is 1. The number of rotatable bonds is 5. The Labute approximate surface area is 228 Å². The van der Waals surface area contributed by atoms with Gasteiger partial charge in [-0.15, -0.1) is 0 Å². The third-order valence-electron chi connectivity index (χ3n) is 9.76. The number of anilines is 1. The number of hydrogen-bond donors (Lipinski definition) is 2. The van der Waals surface area contributed by atoms with Gasteiger partial charge in [0.15, 0.2) is 0 Å². The zero-order valence-electron chi connectivity index (χ0n) is 22.1. The maximum absolute atomic E-state index is 13.8. The van der Waals surface area contributed by atoms with E-state index in [1.165, 1.54) is 0 Å². The summed E-state index contributed by atoms with van der Waals surface area (Å²) in [5.41, 5.74) is 5.09. The number of aryl methyl sites for hydroxylation is 1. The highest BCUT2D eigenvalue weighted by Crippen LogP contribution is 2.64. The van der Waals surface area contributed by atoms with Gasteiger partial charge in [0, 0.05) is 28.9 Å². The lowest BCUT2D eigenvalue weighted by Gasteiger charge is -2.62. The first-order valence-electron chi connectivity index (χ1n) is 13.9. The Bertz CT molecular complexity index is 1490. The number of amides is 2. The summed E-state index contributed by atoms with van der Waals surface area (Å²) in [4.78, 5) is 40.8. The van der Waals surface area contributed by atoms with E-state index < -0.39 is 11.4 Å². The van der Waals surface area contributed by atoms with Gasteiger partial charge in [0.1, 0.15) is 0 Å². The molecule has 4 aliphatic carbocycles. The zero-order chi connectivity index (χ0) is 26.9. The monoisotopic (exact) mass is 520 g/mol. The number of nitrogens with one attached hydrogen (secondary N) is 1. The third-order valence-corrected chi connectivity index (χ3v) is 9.76. The summed E-state index contributed by atoms with van der Waals surface area (Å²) < 4.78 is 0. The summed E-state index contributed by atoms with van der Waals surface area (Å²) in [5, 5.41) is 13.1. The molecule has 4 fully saturated rings. The summed E-state index contributed by atoms with van der Waals surface area (Å²) in [6.07, 6.45) is 5.09. The molecule has 6 heteroatoms. The Morgan fingerprint density at radius 3 is 2.23 bits per heavy atom. The zero-order valence-corrected chi connectivity index (χ0v) is 22.1. The Morgan fingerprint density at radius 2 is 1.56 bits per heavy atom. The minimum absolute atomic E-state index is 0.0383. The summed E-state index contributed by atoms with van der Waals surface area (Å²) in [7, 11) is 0. The highest BCUT2D eigenvalue weighted by molar-refractivity contribution is 6.04. The molecule has 5 aliphatic rings. The molecule has 198 valence electrons. The van der Waals surface area contributed by atoms with Gasteiger partial charge in [0.2, 0.25) is 0 Å². The second kappa shape index (κ2) is 8.54. The van der Waals surface area contributed by atoms with Crippen LogP contribution in [0.2, 0.25) is 0 Å². The molecule has 4 saturated carbocycles. The molecular formula is C33H32N2O4. The fraction of sp³-hybridized carbons (Fsp3) is 0.364. The highest BCUT2D eigenvalue weighted by atomic mass is 16.4. The third kappa shape index (κ3) is 3.88. The van der Waals surface area contributed by atoms with Crippen molar-refractivity contribution >= 4 is 23.5 Å². The summed E-state index contributed by atoms with van der Waals surface area (Å²) in [5.74, 6) is 0.0152. The minimum atomic E-state index is -0.675. The number of carboxylic acid groups (broad SMARTS) is 1. The topological polar surface area (TPSA) is 86.7 Å². The SMILES string of the molecule is Cc1ccc(C(=O)Nc2ccc(-c3ccc4c(c3)C(=O)N(C35C[C@@H]6C[C@@H](CC(C(=O)O)(C6)C3)C5)C4)cc2)cc1. The quantitative estimate of drug-likeness (QED) is 0.414. The first-order valence-corrected chi connectivity index (χ1v) is 13.9. The summed E-state index contributed by atoms with van der Waals surface area (Å²) in [6, 6.07) is 21.2. The van der Waals surface area contributed by atoms with E-state index in [0.717, 1.165) is 59.9 Å². The number of carbonyl (C=O) groups is 3. The minimum Gasteiger partial charge on any atom is -0.481 e. The summed E-state index contributed by atoms with van der Waals surface area (Å²) in [6.45, 7) is 2.55. The molecule has 0 radical (unpaired) electrons. The van der Waals surface area contributed by atoms with Gasteiger partial charge in [-0.1, -0.05) is 42.0 Å². The van der Waals surface area contributed by atoms with Crippen LogP contribution in [-0.4, -0.2) is 33.3 Å². The molecule has 1 heterocycles. The van der Waals surface area contributed by atoms with Crippen molar-refractivity contribution in [3.63, 3.8) is 0 Å². The molecule has 0 spiro atoms. The Morgan fingerprint density at radius 1 is 0.897 bits per heavy atom. The molecule has 0 saturated heterocycles. The van der Waals surface area contributed by atoms with Crippen LogP contribution in [0, 0.1) is 24.2 Å². The molecule has 3 aromatic carbocycles. The lowest BCUT2D eigenvalue weighted by atomic mass is 9.46. The van der Waals surface area contributed by atoms with Crippen molar-refractivity contribution < 1.29 is 19.5 Å². The van der Waals surface area contributed by atoms with Crippen LogP contribution >= 0.6 is 0 Å². The standard InChI is InChI=1S/C33H32N2O4/c1-20-2-4-24(5-3-20)29(36)34-27-10-8-23(9-11-27)25-6-7-26-18-35(30(37)28(26)13-25)33-16-21-12-22(17-33)15-32(14-21,19-33)31(38)39/h2-11,13,21-22H,12,14-19H2,1H3,(H,34,36)(H,38,39)/t21-,22+,32?,33?. The number of nitrogens with zero attached hydrogens (tertiary/aromatic N) is 1. The smallest absolute Gasteiger partial charge is 0.309 e. The lowest BCUT2D eigenvalue weighted by molar-refractivity contribution is -0.175. The second-order valence-corrected chi connectivity index (χ2v) is 12.4. The van der Waals surface area contributed by atoms with E-state index in [-0.39, 0.29) is 17.4 Å². The van der Waals surface area contributed by atoms with Crippen LogP contribution in [0.25, 0.3) is 11.1 Å². The van der Waals surface area contributed by atoms with Crippen molar-refractivity contribution in [2.75, 3.05) is 5.32 Å². The van der Waals surface area contributed by atoms with E-state index in [9.17, 15) is 19.5 Å². The van der Waals surface area contributed by atoms with Crippen LogP contribution in [0.15, 0.2) is 66.7 Å². The van der Waals surface area contributed by atoms with Gasteiger partial charge < -0.3 is 15.3 Å². The number of fused-ring (bicyclic) bond motifs is 1. The molecule has 3 aromatic rings. The van der Waals surface area contributed by atoms with Crippen molar-refractivity contribution in [1.29, 1.82) is 0 Å². The van der Waals surface area contributed by atoms with Crippen LogP contribution in [0.4, 0.5) is 5.69 Å². The molecule has 0 aromatic heterocycles. The molecule has 1 aliphatic heterocycles. The van der Waals surface area contributed by atoms with Gasteiger partial charge in [-0.25, -0.2) is 0 Å². The first kappa shape index (κ1) is 24.1. The van der Waals surface area contributed by atoms with Crippen molar-refractivity contribution in [3.8, 4) is 11.1 Å². The van der Waals surface area contributed by atoms with E-state index >= 15 is 0 Å². The molecular weight excluding hydrogens is 488 g/mol. The van der Waals surface area contributed by atoms with Gasteiger partial charge in [-0.05, 0) is 104 Å². The first-order chi connectivity index (χ1) is 18.7. The Hall–Kier alpha value is -3.93. The van der Waals surface area contributed by atoms with Gasteiger partial charge in [0.25, 0.3) is 11.8 Å². The van der Waals surface area contributed by atoms with Gasteiger partial charge in [-0.3, -0.25) is 14.4 Å². The Kier molecular flexibility index (Phi) is 5.28. The molecule has 2 amide bonds. The normalized spacial score (nSPS) is 28.4. The molecule has 4 atom stereocenters. The van der Waals surface area contributed by atoms with Gasteiger partial charge >= 0.3 is 5.97 Å². The van der Waals surface area contributed by atoms with Crippen molar-refractivity contribution in [2.24, 2.45) is 17.3 Å². The number of carbonyl (C=O) groups excluding carboxylic acids is 2. The fourth-order valence-corrected chi connectivity index (χ4v) is 8.30. The average molecular weight is 521 g/mol. The van der Waals surface area contributed by atoms with Crippen LogP contribution < -0.4 is 5.32 Å². The van der Waals surface area contributed by atoms with E-state index in [1.54, 1.807) is 0 Å². The van der Waals surface area contributed by atoms with E-state index in [1.807, 2.05) is 78.6 Å². The van der Waals surface area contributed by atoms with E-state index in [4.69, 9.17) is 0 Å². The highest BCUT2D eigenvalue weighted by Gasteiger charge is 2.63. The van der Waals surface area contributed by atoms with Crippen LogP contribution in [-0.2, 0) is 11.3 Å². The maximum atomic E-state index is 13.8. The fourth-order valence-electron chi connectivity index (χ4n) is 8.30. The average Bonchev–Trinajstić information content (AvgIpc) is 3.25. The van der Waals surface area contributed by atoms with E-state index in [0.29, 0.717) is 36.1 Å². The molecule has 4 bridgehead atoms. The number of aliphatic carboxylic acids is 1. The van der Waals surface area contributed by atoms with Crippen molar-refractivity contribution in [1.82, 2.24) is 4.90 Å². The maximum Gasteiger partial charge on any atom is 0.309 e. The summed E-state index contributed by atoms with van der Waals surface area (Å²) >= 11 is 0. The van der Waals surface area contributed by atoms with Crippen LogP contribution in [0.3, 0.4) is 0 Å². The van der Waals surface area contributed by atoms with Crippen LogP contribution in [0.1, 0.15) is 70.4 Å². The van der Waals surface area contributed by atoms with E-state index in [2.05, 4.69) is 5.32 Å². The van der Waals surface area contributed by atoms with Crippen LogP contribution in [0.5, 0.6) is 0 Å². The van der Waals surface area contributed by atoms with Gasteiger partial charge in [-0.2, -0.15) is 0 Å². The predicted molar refractivity (Wildman–Crippen MR) is 148 cm³/mol. The van der Waals surface area contributed by atoms with Crippen molar-refractivity contribution in [3.05, 3.63) is 89.0 Å². The molecule has 2 unspecified atom stereocenters. The van der Waals surface area contributed by atoms with Crippen molar-refractivity contribution in [2.45, 2.75) is 57.5 Å². The number of hydrogen-bond acceptors (Lipinski definition) is 3. The molecule has 39 heavy (non-hydrogen) atoms. The molecule has 2 N–H and O–H groups in total. The lowest BCUT2D eigenvalue weighted by Crippen LogP contribution is -2.64. The molecule has 8 rings (SSSR count). The molecule has 6 nitrogen and oxygen atoms in total. The second-order valence-electron chi connectivity index (χ2n) is 12.4.